The number of nitrogens with zero attached hydrogens (tertiary/aromatic N) is 2. The summed E-state index contributed by atoms with van der Waals surface area (Å²) >= 11 is 0. The van der Waals surface area contributed by atoms with Crippen LogP contribution < -0.4 is 11.1 Å². The molecule has 0 radical (unpaired) electrons. The molecule has 0 aliphatic carbocycles. The van der Waals surface area contributed by atoms with Crippen molar-refractivity contribution in [1.82, 2.24) is 9.78 Å². The number of carbonyl (C=O) groups is 1. The van der Waals surface area contributed by atoms with Gasteiger partial charge in [-0.3, -0.25) is 9.48 Å². The quantitative estimate of drug-likeness (QED) is 0.822. The maximum Gasteiger partial charge on any atom is 0.246 e. The van der Waals surface area contributed by atoms with Gasteiger partial charge < -0.3 is 11.1 Å². The molecule has 0 bridgehead atoms. The fourth-order valence-corrected chi connectivity index (χ4v) is 1.52. The van der Waals surface area contributed by atoms with Gasteiger partial charge in [0.1, 0.15) is 6.54 Å². The van der Waals surface area contributed by atoms with Crippen LogP contribution in [-0.2, 0) is 17.9 Å². The van der Waals surface area contributed by atoms with Crippen LogP contribution in [0.2, 0.25) is 0 Å². The lowest BCUT2D eigenvalue weighted by molar-refractivity contribution is -0.116. The van der Waals surface area contributed by atoms with Crippen molar-refractivity contribution in [1.29, 1.82) is 0 Å². The molecule has 0 fully saturated rings. The van der Waals surface area contributed by atoms with Gasteiger partial charge >= 0.3 is 0 Å². The Balaban J connectivity index is 1.98. The molecule has 0 aliphatic heterocycles. The number of anilines is 1. The van der Waals surface area contributed by atoms with E-state index in [0.29, 0.717) is 6.54 Å². The average molecular weight is 230 g/mol. The SMILES string of the molecule is NCc1cccc(NC(=O)Cn2cccn2)c1. The summed E-state index contributed by atoms with van der Waals surface area (Å²) in [4.78, 5) is 11.7. The minimum atomic E-state index is -0.108. The van der Waals surface area contributed by atoms with Crippen molar-refractivity contribution in [2.24, 2.45) is 5.73 Å². The Bertz CT molecular complexity index is 493. The number of carbonyl (C=O) groups excluding carboxylic acids is 1. The molecule has 2 aromatic rings. The van der Waals surface area contributed by atoms with Crippen LogP contribution in [0.25, 0.3) is 0 Å². The number of rotatable bonds is 4. The summed E-state index contributed by atoms with van der Waals surface area (Å²) in [5.41, 5.74) is 7.27. The molecule has 1 heterocycles. The van der Waals surface area contributed by atoms with Crippen molar-refractivity contribution < 1.29 is 4.79 Å². The van der Waals surface area contributed by atoms with E-state index < -0.39 is 0 Å². The van der Waals surface area contributed by atoms with Crippen LogP contribution in [-0.4, -0.2) is 15.7 Å². The Kier molecular flexibility index (Phi) is 3.52. The molecule has 2 rings (SSSR count). The zero-order chi connectivity index (χ0) is 12.1. The number of aromatic nitrogens is 2. The summed E-state index contributed by atoms with van der Waals surface area (Å²) in [7, 11) is 0. The molecule has 3 N–H and O–H groups in total. The average Bonchev–Trinajstić information content (AvgIpc) is 2.82. The zero-order valence-corrected chi connectivity index (χ0v) is 9.34. The molecule has 0 unspecified atom stereocenters. The van der Waals surface area contributed by atoms with E-state index in [1.165, 1.54) is 0 Å². The molecule has 5 nitrogen and oxygen atoms in total. The Morgan fingerprint density at radius 2 is 2.29 bits per heavy atom. The molecule has 0 atom stereocenters. The van der Waals surface area contributed by atoms with Crippen LogP contribution in [0.3, 0.4) is 0 Å². The molecule has 1 aromatic heterocycles. The monoisotopic (exact) mass is 230 g/mol. The van der Waals surface area contributed by atoms with Crippen molar-refractivity contribution in [3.8, 4) is 0 Å². The van der Waals surface area contributed by atoms with Crippen molar-refractivity contribution in [3.05, 3.63) is 48.3 Å². The Morgan fingerprint density at radius 1 is 1.41 bits per heavy atom. The number of benzene rings is 1. The highest BCUT2D eigenvalue weighted by Gasteiger charge is 2.03. The van der Waals surface area contributed by atoms with E-state index >= 15 is 0 Å². The van der Waals surface area contributed by atoms with Gasteiger partial charge in [-0.25, -0.2) is 0 Å². The summed E-state index contributed by atoms with van der Waals surface area (Å²) < 4.78 is 1.57. The lowest BCUT2D eigenvalue weighted by Gasteiger charge is -2.06. The second-order valence-corrected chi connectivity index (χ2v) is 3.66. The minimum absolute atomic E-state index is 0.108. The molecule has 1 aromatic carbocycles. The molecule has 0 aliphatic rings. The number of amides is 1. The first kappa shape index (κ1) is 11.3. The van der Waals surface area contributed by atoms with Crippen molar-refractivity contribution >= 4 is 11.6 Å². The number of hydrogen-bond donors (Lipinski definition) is 2. The predicted octanol–water partition coefficient (Wildman–Crippen LogP) is 0.980. The summed E-state index contributed by atoms with van der Waals surface area (Å²) in [5, 5.41) is 6.77. The van der Waals surface area contributed by atoms with Gasteiger partial charge in [0.15, 0.2) is 0 Å². The van der Waals surface area contributed by atoms with Gasteiger partial charge in [-0.1, -0.05) is 12.1 Å². The molecular weight excluding hydrogens is 216 g/mol. The molecule has 0 spiro atoms. The van der Waals surface area contributed by atoms with Crippen molar-refractivity contribution in [3.63, 3.8) is 0 Å². The van der Waals surface area contributed by atoms with Crippen molar-refractivity contribution in [2.45, 2.75) is 13.1 Å². The van der Waals surface area contributed by atoms with E-state index in [1.807, 2.05) is 24.3 Å². The first-order valence-corrected chi connectivity index (χ1v) is 5.34. The third-order valence-corrected chi connectivity index (χ3v) is 2.31. The lowest BCUT2D eigenvalue weighted by atomic mass is 10.2. The second-order valence-electron chi connectivity index (χ2n) is 3.66. The first-order valence-electron chi connectivity index (χ1n) is 5.34. The molecule has 5 heteroatoms. The molecule has 17 heavy (non-hydrogen) atoms. The summed E-state index contributed by atoms with van der Waals surface area (Å²) in [5.74, 6) is -0.108. The third-order valence-electron chi connectivity index (χ3n) is 2.31. The Morgan fingerprint density at radius 3 is 3.00 bits per heavy atom. The summed E-state index contributed by atoms with van der Waals surface area (Å²) in [6, 6.07) is 9.26. The normalized spacial score (nSPS) is 10.2. The standard InChI is InChI=1S/C12H14N4O/c13-8-10-3-1-4-11(7-10)15-12(17)9-16-6-2-5-14-16/h1-7H,8-9,13H2,(H,15,17). The van der Waals surface area contributed by atoms with E-state index in [9.17, 15) is 4.79 Å². The highest BCUT2D eigenvalue weighted by molar-refractivity contribution is 5.90. The molecule has 1 amide bonds. The highest BCUT2D eigenvalue weighted by atomic mass is 16.2. The number of hydrogen-bond acceptors (Lipinski definition) is 3. The van der Waals surface area contributed by atoms with E-state index in [1.54, 1.807) is 23.1 Å². The topological polar surface area (TPSA) is 72.9 Å². The van der Waals surface area contributed by atoms with E-state index in [2.05, 4.69) is 10.4 Å². The number of nitrogens with two attached hydrogens (primary N) is 1. The van der Waals surface area contributed by atoms with Gasteiger partial charge in [0, 0.05) is 24.6 Å². The Hall–Kier alpha value is -2.14. The molecule has 0 saturated heterocycles. The van der Waals surface area contributed by atoms with Crippen LogP contribution in [0, 0.1) is 0 Å². The predicted molar refractivity (Wildman–Crippen MR) is 65.2 cm³/mol. The fraction of sp³-hybridized carbons (Fsp3) is 0.167. The fourth-order valence-electron chi connectivity index (χ4n) is 1.52. The summed E-state index contributed by atoms with van der Waals surface area (Å²) in [6.07, 6.45) is 3.39. The van der Waals surface area contributed by atoms with E-state index in [-0.39, 0.29) is 12.5 Å². The third kappa shape index (κ3) is 3.15. The van der Waals surface area contributed by atoms with E-state index in [0.717, 1.165) is 11.3 Å². The first-order chi connectivity index (χ1) is 8.28. The maximum absolute atomic E-state index is 11.7. The smallest absolute Gasteiger partial charge is 0.246 e. The highest BCUT2D eigenvalue weighted by Crippen LogP contribution is 2.09. The zero-order valence-electron chi connectivity index (χ0n) is 9.34. The maximum atomic E-state index is 11.7. The van der Waals surface area contributed by atoms with Gasteiger partial charge in [-0.2, -0.15) is 5.10 Å². The Labute approximate surface area is 99.2 Å². The second kappa shape index (κ2) is 5.27. The van der Waals surface area contributed by atoms with Gasteiger partial charge in [-0.05, 0) is 23.8 Å². The molecular formula is C12H14N4O. The van der Waals surface area contributed by atoms with Crippen molar-refractivity contribution in [2.75, 3.05) is 5.32 Å². The largest absolute Gasteiger partial charge is 0.326 e. The lowest BCUT2D eigenvalue weighted by Crippen LogP contribution is -2.19. The molecule has 88 valence electrons. The van der Waals surface area contributed by atoms with Crippen LogP contribution in [0.1, 0.15) is 5.56 Å². The van der Waals surface area contributed by atoms with Crippen LogP contribution in [0.4, 0.5) is 5.69 Å². The van der Waals surface area contributed by atoms with Crippen LogP contribution >= 0.6 is 0 Å². The van der Waals surface area contributed by atoms with Gasteiger partial charge in [-0.15, -0.1) is 0 Å². The number of nitrogens with one attached hydrogen (secondary N) is 1. The van der Waals surface area contributed by atoms with Gasteiger partial charge in [0.2, 0.25) is 5.91 Å². The van der Waals surface area contributed by atoms with E-state index in [4.69, 9.17) is 5.73 Å². The van der Waals surface area contributed by atoms with Crippen LogP contribution in [0.5, 0.6) is 0 Å². The van der Waals surface area contributed by atoms with Gasteiger partial charge in [0.05, 0.1) is 0 Å². The van der Waals surface area contributed by atoms with Crippen LogP contribution in [0.15, 0.2) is 42.7 Å². The van der Waals surface area contributed by atoms with Gasteiger partial charge in [0.25, 0.3) is 0 Å². The minimum Gasteiger partial charge on any atom is -0.326 e. The summed E-state index contributed by atoms with van der Waals surface area (Å²) in [6.45, 7) is 0.669. The molecule has 0 saturated carbocycles.